The van der Waals surface area contributed by atoms with E-state index in [2.05, 4.69) is 10.6 Å². The summed E-state index contributed by atoms with van der Waals surface area (Å²) in [4.78, 5) is 25.0. The molecule has 0 unspecified atom stereocenters. The van der Waals surface area contributed by atoms with Crippen molar-refractivity contribution in [3.05, 3.63) is 18.2 Å². The molecule has 2 N–H and O–H groups in total. The largest absolute Gasteiger partial charge is 0.353 e. The van der Waals surface area contributed by atoms with Gasteiger partial charge in [0.25, 0.3) is 0 Å². The van der Waals surface area contributed by atoms with E-state index >= 15 is 0 Å². The van der Waals surface area contributed by atoms with Gasteiger partial charge < -0.3 is 10.6 Å². The summed E-state index contributed by atoms with van der Waals surface area (Å²) < 4.78 is 25.3. The number of carbonyl (C=O) groups excluding carboxylic acids is 2. The number of rotatable bonds is 5. The summed E-state index contributed by atoms with van der Waals surface area (Å²) in [5.74, 6) is -0.560. The molecule has 1 aromatic carbocycles. The van der Waals surface area contributed by atoms with Crippen LogP contribution < -0.4 is 10.6 Å². The number of nitrogens with one attached hydrogen (secondary N) is 2. The third kappa shape index (κ3) is 5.48. The molecular weight excluding hydrogens is 384 g/mol. The molecule has 0 spiro atoms. The summed E-state index contributed by atoms with van der Waals surface area (Å²) >= 11 is 1.55. The average Bonchev–Trinajstić information content (AvgIpc) is 2.76. The molecular formula is C19H26N2O4S2. The van der Waals surface area contributed by atoms with Crippen LogP contribution in [0.1, 0.15) is 51.9 Å². The van der Waals surface area contributed by atoms with Crippen molar-refractivity contribution < 1.29 is 18.0 Å². The number of hydrogen-bond acceptors (Lipinski definition) is 5. The van der Waals surface area contributed by atoms with Crippen LogP contribution in [0.4, 0.5) is 5.69 Å². The molecule has 1 heterocycles. The normalized spacial score (nSPS) is 21.1. The van der Waals surface area contributed by atoms with E-state index in [4.69, 9.17) is 0 Å². The highest BCUT2D eigenvalue weighted by Gasteiger charge is 2.23. The number of thioether (sulfide) groups is 1. The predicted molar refractivity (Wildman–Crippen MR) is 107 cm³/mol. The zero-order valence-corrected chi connectivity index (χ0v) is 17.1. The Hall–Kier alpha value is -1.54. The highest BCUT2D eigenvalue weighted by molar-refractivity contribution is 8.00. The Kier molecular flexibility index (Phi) is 6.47. The van der Waals surface area contributed by atoms with E-state index in [1.165, 1.54) is 12.5 Å². The minimum Gasteiger partial charge on any atom is -0.353 e. The zero-order chi connectivity index (χ0) is 19.4. The molecule has 27 heavy (non-hydrogen) atoms. The topological polar surface area (TPSA) is 92.3 Å². The summed E-state index contributed by atoms with van der Waals surface area (Å²) in [6.07, 6.45) is 5.71. The third-order valence-electron chi connectivity index (χ3n) is 4.95. The lowest BCUT2D eigenvalue weighted by atomic mass is 9.95. The van der Waals surface area contributed by atoms with Gasteiger partial charge in [-0.3, -0.25) is 9.59 Å². The van der Waals surface area contributed by atoms with Gasteiger partial charge in [0, 0.05) is 29.0 Å². The molecule has 1 aliphatic heterocycles. The van der Waals surface area contributed by atoms with Crippen LogP contribution in [-0.2, 0) is 19.4 Å². The minimum absolute atomic E-state index is 0.0476. The maximum atomic E-state index is 12.6. The first kappa shape index (κ1) is 20.2. The lowest BCUT2D eigenvalue weighted by molar-refractivity contribution is -0.121. The molecule has 1 aliphatic carbocycles. The standard InChI is InChI=1S/C19H26N2O4S2/c1-13-11-19(23)21-16-12-15(7-8-17(16)26-13)27(24,25)10-9-18(22)20-14-5-3-2-4-6-14/h7-8,12-14H,2-6,9-11H2,1H3,(H,20,22)(H,21,23)/t13-/m0/s1. The molecule has 0 radical (unpaired) electrons. The molecule has 3 rings (SSSR count). The van der Waals surface area contributed by atoms with Crippen molar-refractivity contribution in [3.63, 3.8) is 0 Å². The van der Waals surface area contributed by atoms with Gasteiger partial charge in [-0.05, 0) is 31.0 Å². The minimum atomic E-state index is -3.59. The number of hydrogen-bond donors (Lipinski definition) is 2. The number of anilines is 1. The predicted octanol–water partition coefficient (Wildman–Crippen LogP) is 3.12. The second-order valence-electron chi connectivity index (χ2n) is 7.31. The molecule has 1 atom stereocenters. The monoisotopic (exact) mass is 410 g/mol. The van der Waals surface area contributed by atoms with Crippen LogP contribution in [0.15, 0.2) is 28.0 Å². The fourth-order valence-electron chi connectivity index (χ4n) is 3.52. The van der Waals surface area contributed by atoms with Crippen molar-refractivity contribution in [3.8, 4) is 0 Å². The first-order valence-corrected chi connectivity index (χ1v) is 12.0. The molecule has 1 saturated carbocycles. The maximum absolute atomic E-state index is 12.6. The summed E-state index contributed by atoms with van der Waals surface area (Å²) in [5.41, 5.74) is 0.530. The Balaban J connectivity index is 1.64. The SMILES string of the molecule is C[C@H]1CC(=O)Nc2cc(S(=O)(=O)CCC(=O)NC3CCCCC3)ccc2S1. The van der Waals surface area contributed by atoms with Crippen LogP contribution in [0.2, 0.25) is 0 Å². The van der Waals surface area contributed by atoms with Gasteiger partial charge in [0.05, 0.1) is 16.3 Å². The zero-order valence-electron chi connectivity index (χ0n) is 15.5. The second kappa shape index (κ2) is 8.65. The Morgan fingerprint density at radius 3 is 2.74 bits per heavy atom. The third-order valence-corrected chi connectivity index (χ3v) is 7.85. The lowest BCUT2D eigenvalue weighted by Crippen LogP contribution is -2.36. The number of carbonyl (C=O) groups is 2. The molecule has 0 aromatic heterocycles. The van der Waals surface area contributed by atoms with Crippen LogP contribution in [0, 0.1) is 0 Å². The van der Waals surface area contributed by atoms with E-state index < -0.39 is 9.84 Å². The van der Waals surface area contributed by atoms with E-state index in [1.54, 1.807) is 23.9 Å². The maximum Gasteiger partial charge on any atom is 0.225 e. The van der Waals surface area contributed by atoms with E-state index in [0.29, 0.717) is 12.1 Å². The fraction of sp³-hybridized carbons (Fsp3) is 0.579. The Bertz CT molecular complexity index is 817. The van der Waals surface area contributed by atoms with E-state index in [0.717, 1.165) is 30.6 Å². The van der Waals surface area contributed by atoms with Crippen molar-refractivity contribution in [1.82, 2.24) is 5.32 Å². The Morgan fingerprint density at radius 2 is 2.00 bits per heavy atom. The van der Waals surface area contributed by atoms with Gasteiger partial charge in [-0.25, -0.2) is 8.42 Å². The summed E-state index contributed by atoms with van der Waals surface area (Å²) in [5, 5.41) is 5.87. The summed E-state index contributed by atoms with van der Waals surface area (Å²) in [6, 6.07) is 4.98. The Labute approximate surface area is 164 Å². The second-order valence-corrected chi connectivity index (χ2v) is 10.9. The Morgan fingerprint density at radius 1 is 1.26 bits per heavy atom. The number of benzene rings is 1. The lowest BCUT2D eigenvalue weighted by Gasteiger charge is -2.22. The smallest absolute Gasteiger partial charge is 0.225 e. The van der Waals surface area contributed by atoms with Gasteiger partial charge in [0.2, 0.25) is 11.8 Å². The van der Waals surface area contributed by atoms with Gasteiger partial charge in [-0.15, -0.1) is 11.8 Å². The number of sulfone groups is 1. The van der Waals surface area contributed by atoms with E-state index in [1.807, 2.05) is 6.92 Å². The van der Waals surface area contributed by atoms with Gasteiger partial charge in [-0.1, -0.05) is 26.2 Å². The molecule has 148 valence electrons. The van der Waals surface area contributed by atoms with Gasteiger partial charge >= 0.3 is 0 Å². The molecule has 6 nitrogen and oxygen atoms in total. The van der Waals surface area contributed by atoms with Crippen LogP contribution in [0.25, 0.3) is 0 Å². The molecule has 2 aliphatic rings. The van der Waals surface area contributed by atoms with E-state index in [9.17, 15) is 18.0 Å². The first-order valence-electron chi connectivity index (χ1n) is 9.46. The summed E-state index contributed by atoms with van der Waals surface area (Å²) in [7, 11) is -3.59. The van der Waals surface area contributed by atoms with Gasteiger partial charge in [0.15, 0.2) is 9.84 Å². The fourth-order valence-corrected chi connectivity index (χ4v) is 5.83. The molecule has 0 saturated heterocycles. The molecule has 1 fully saturated rings. The highest BCUT2D eigenvalue weighted by atomic mass is 32.2. The van der Waals surface area contributed by atoms with Gasteiger partial charge in [-0.2, -0.15) is 0 Å². The molecule has 0 bridgehead atoms. The molecule has 2 amide bonds. The van der Waals surface area contributed by atoms with Gasteiger partial charge in [0.1, 0.15) is 0 Å². The molecule has 1 aromatic rings. The van der Waals surface area contributed by atoms with Crippen LogP contribution in [-0.4, -0.2) is 37.3 Å². The molecule has 8 heteroatoms. The first-order chi connectivity index (χ1) is 12.8. The van der Waals surface area contributed by atoms with Crippen LogP contribution in [0.5, 0.6) is 0 Å². The van der Waals surface area contributed by atoms with Crippen molar-refractivity contribution in [2.24, 2.45) is 0 Å². The quantitative estimate of drug-likeness (QED) is 0.778. The highest BCUT2D eigenvalue weighted by Crippen LogP contribution is 2.36. The average molecular weight is 411 g/mol. The summed E-state index contributed by atoms with van der Waals surface area (Å²) in [6.45, 7) is 1.97. The van der Waals surface area contributed by atoms with Crippen molar-refractivity contribution in [1.29, 1.82) is 0 Å². The van der Waals surface area contributed by atoms with Crippen molar-refractivity contribution in [2.45, 2.75) is 73.0 Å². The van der Waals surface area contributed by atoms with Crippen molar-refractivity contribution >= 4 is 39.1 Å². The number of fused-ring (bicyclic) bond motifs is 1. The van der Waals surface area contributed by atoms with Crippen LogP contribution >= 0.6 is 11.8 Å². The van der Waals surface area contributed by atoms with Crippen molar-refractivity contribution in [2.75, 3.05) is 11.1 Å². The number of amides is 2. The van der Waals surface area contributed by atoms with E-state index in [-0.39, 0.29) is 40.2 Å². The van der Waals surface area contributed by atoms with Crippen LogP contribution in [0.3, 0.4) is 0 Å².